The Bertz CT molecular complexity index is 759. The lowest BCUT2D eigenvalue weighted by molar-refractivity contribution is -0.185. The number of unbranched alkanes of at least 4 members (excludes halogenated alkanes) is 1. The normalized spacial score (nSPS) is 23.0. The fourth-order valence-corrected chi connectivity index (χ4v) is 3.79. The Hall–Kier alpha value is -2.38. The second kappa shape index (κ2) is 7.32. The van der Waals surface area contributed by atoms with Crippen molar-refractivity contribution >= 4 is 11.9 Å². The fraction of sp³-hybridized carbons (Fsp3) is 0.500. The number of β-lactam (4-membered cyclic amide) rings is 1. The Labute approximate surface area is 158 Å². The molecule has 2 aliphatic heterocycles. The molecule has 1 aromatic rings. The quantitative estimate of drug-likeness (QED) is 0.474. The number of fused-ring (bicyclic) bond motifs is 1. The molecule has 0 aliphatic carbocycles. The zero-order chi connectivity index (χ0) is 19.8. The molecule has 146 valence electrons. The van der Waals surface area contributed by atoms with Crippen LogP contribution in [0.15, 0.2) is 41.8 Å². The van der Waals surface area contributed by atoms with E-state index in [0.29, 0.717) is 24.3 Å². The van der Waals surface area contributed by atoms with Crippen LogP contribution in [-0.4, -0.2) is 39.8 Å². The van der Waals surface area contributed by atoms with E-state index in [-0.39, 0.29) is 5.70 Å². The summed E-state index contributed by atoms with van der Waals surface area (Å²) in [6, 6.07) is 8.85. The topological polar surface area (TPSA) is 113 Å². The first-order chi connectivity index (χ1) is 12.8. The third kappa shape index (κ3) is 3.33. The summed E-state index contributed by atoms with van der Waals surface area (Å²) in [4.78, 5) is 25.7. The summed E-state index contributed by atoms with van der Waals surface area (Å²) < 4.78 is 5.97. The van der Waals surface area contributed by atoms with E-state index in [1.165, 1.54) is 4.90 Å². The van der Waals surface area contributed by atoms with Crippen LogP contribution >= 0.6 is 0 Å². The molecule has 0 bridgehead atoms. The number of aliphatic hydroxyl groups is 1. The Morgan fingerprint density at radius 3 is 2.56 bits per heavy atom. The number of carbonyl (C=O) groups excluding carboxylic acids is 1. The first-order valence-electron chi connectivity index (χ1n) is 9.20. The van der Waals surface area contributed by atoms with Crippen molar-refractivity contribution in [2.75, 3.05) is 6.54 Å². The number of hydrogen-bond donors (Lipinski definition) is 3. The SMILES string of the molecule is CC(C)(CCCCN)C1=C(C(=O)O)N2C(=O)[C@H]([C@@H](O)c3ccccc3)[C@H]2O1. The van der Waals surface area contributed by atoms with Gasteiger partial charge >= 0.3 is 5.97 Å². The first-order valence-corrected chi connectivity index (χ1v) is 9.20. The molecule has 4 N–H and O–H groups in total. The maximum Gasteiger partial charge on any atom is 0.356 e. The van der Waals surface area contributed by atoms with Gasteiger partial charge in [-0.3, -0.25) is 9.69 Å². The van der Waals surface area contributed by atoms with Crippen molar-refractivity contribution in [3.63, 3.8) is 0 Å². The molecule has 0 spiro atoms. The molecule has 2 heterocycles. The van der Waals surface area contributed by atoms with E-state index < -0.39 is 35.5 Å². The average Bonchev–Trinajstić information content (AvgIpc) is 2.99. The van der Waals surface area contributed by atoms with Crippen LogP contribution in [-0.2, 0) is 14.3 Å². The van der Waals surface area contributed by atoms with E-state index in [2.05, 4.69) is 0 Å². The standard InChI is InChI=1S/C20H26N2O5/c1-20(2,10-6-7-11-21)16-14(19(25)26)22-17(24)13(18(22)27-16)15(23)12-8-4-3-5-9-12/h3-5,8-9,13,15,18,23H,6-7,10-11,21H2,1-2H3,(H,25,26)/t13-,15-,18+/m0/s1. The highest BCUT2D eigenvalue weighted by atomic mass is 16.5. The molecule has 0 unspecified atom stereocenters. The highest BCUT2D eigenvalue weighted by molar-refractivity contribution is 5.99. The van der Waals surface area contributed by atoms with Gasteiger partial charge in [0.2, 0.25) is 5.91 Å². The van der Waals surface area contributed by atoms with E-state index in [9.17, 15) is 19.8 Å². The number of allylic oxidation sites excluding steroid dienone is 1. The van der Waals surface area contributed by atoms with Crippen LogP contribution in [0.1, 0.15) is 44.8 Å². The lowest BCUT2D eigenvalue weighted by atomic mass is 9.83. The zero-order valence-electron chi connectivity index (χ0n) is 15.6. The summed E-state index contributed by atoms with van der Waals surface area (Å²) in [6.07, 6.45) is 0.521. The van der Waals surface area contributed by atoms with Crippen molar-refractivity contribution in [3.8, 4) is 0 Å². The number of carbonyl (C=O) groups is 2. The predicted octanol–water partition coefficient (Wildman–Crippen LogP) is 1.99. The van der Waals surface area contributed by atoms with E-state index in [0.717, 1.165) is 12.8 Å². The van der Waals surface area contributed by atoms with E-state index in [1.807, 2.05) is 19.9 Å². The van der Waals surface area contributed by atoms with Crippen LogP contribution in [0, 0.1) is 11.3 Å². The number of nitrogens with zero attached hydrogens (tertiary/aromatic N) is 1. The molecule has 1 fully saturated rings. The molecule has 0 radical (unpaired) electrons. The van der Waals surface area contributed by atoms with Crippen LogP contribution in [0.5, 0.6) is 0 Å². The summed E-state index contributed by atoms with van der Waals surface area (Å²) >= 11 is 0. The van der Waals surface area contributed by atoms with Gasteiger partial charge in [-0.15, -0.1) is 0 Å². The van der Waals surface area contributed by atoms with Gasteiger partial charge in [-0.2, -0.15) is 0 Å². The van der Waals surface area contributed by atoms with Crippen LogP contribution in [0.4, 0.5) is 0 Å². The van der Waals surface area contributed by atoms with Crippen molar-refractivity contribution < 1.29 is 24.5 Å². The molecule has 1 saturated heterocycles. The number of carboxylic acids is 1. The second-order valence-corrected chi connectivity index (χ2v) is 7.71. The van der Waals surface area contributed by atoms with Gasteiger partial charge in [-0.1, -0.05) is 50.6 Å². The van der Waals surface area contributed by atoms with Gasteiger partial charge in [0.1, 0.15) is 11.7 Å². The van der Waals surface area contributed by atoms with E-state index >= 15 is 0 Å². The highest BCUT2D eigenvalue weighted by Gasteiger charge is 2.61. The first kappa shape index (κ1) is 19.4. The molecular weight excluding hydrogens is 348 g/mol. The van der Waals surface area contributed by atoms with Gasteiger partial charge in [0.25, 0.3) is 0 Å². The van der Waals surface area contributed by atoms with Crippen LogP contribution in [0.2, 0.25) is 0 Å². The predicted molar refractivity (Wildman–Crippen MR) is 98.0 cm³/mol. The van der Waals surface area contributed by atoms with Crippen molar-refractivity contribution in [1.82, 2.24) is 4.90 Å². The smallest absolute Gasteiger partial charge is 0.356 e. The molecule has 2 aliphatic rings. The number of hydrogen-bond acceptors (Lipinski definition) is 5. The minimum Gasteiger partial charge on any atom is -0.476 e. The fourth-order valence-electron chi connectivity index (χ4n) is 3.79. The molecule has 3 rings (SSSR count). The number of rotatable bonds is 8. The third-order valence-electron chi connectivity index (χ3n) is 5.33. The molecule has 0 aromatic heterocycles. The maximum absolute atomic E-state index is 12.7. The van der Waals surface area contributed by atoms with Gasteiger partial charge in [0.15, 0.2) is 11.9 Å². The summed E-state index contributed by atoms with van der Waals surface area (Å²) in [5.41, 5.74) is 5.49. The Morgan fingerprint density at radius 2 is 1.96 bits per heavy atom. The minimum atomic E-state index is -1.19. The lowest BCUT2D eigenvalue weighted by Gasteiger charge is -2.43. The van der Waals surface area contributed by atoms with Gasteiger partial charge in [-0.05, 0) is 24.9 Å². The van der Waals surface area contributed by atoms with E-state index in [1.54, 1.807) is 24.3 Å². The number of nitrogens with two attached hydrogens (primary N) is 1. The average molecular weight is 374 g/mol. The number of benzene rings is 1. The van der Waals surface area contributed by atoms with Gasteiger partial charge in [-0.25, -0.2) is 4.79 Å². The molecule has 1 amide bonds. The molecule has 7 heteroatoms. The maximum atomic E-state index is 12.7. The molecule has 1 aromatic carbocycles. The largest absolute Gasteiger partial charge is 0.476 e. The minimum absolute atomic E-state index is 0.112. The summed E-state index contributed by atoms with van der Waals surface area (Å²) in [5, 5.41) is 20.3. The van der Waals surface area contributed by atoms with Crippen molar-refractivity contribution in [1.29, 1.82) is 0 Å². The van der Waals surface area contributed by atoms with Crippen molar-refractivity contribution in [3.05, 3.63) is 47.4 Å². The summed E-state index contributed by atoms with van der Waals surface area (Å²) in [6.45, 7) is 4.38. The summed E-state index contributed by atoms with van der Waals surface area (Å²) in [7, 11) is 0. The number of amides is 1. The van der Waals surface area contributed by atoms with Crippen molar-refractivity contribution in [2.45, 2.75) is 45.4 Å². The molecule has 3 atom stereocenters. The monoisotopic (exact) mass is 374 g/mol. The summed E-state index contributed by atoms with van der Waals surface area (Å²) in [5.74, 6) is -2.14. The number of carboxylic acid groups (broad SMARTS) is 1. The Morgan fingerprint density at radius 1 is 1.30 bits per heavy atom. The zero-order valence-corrected chi connectivity index (χ0v) is 15.6. The van der Waals surface area contributed by atoms with Crippen molar-refractivity contribution in [2.24, 2.45) is 17.1 Å². The Balaban J connectivity index is 1.85. The number of aliphatic hydroxyl groups excluding tert-OH is 1. The van der Waals surface area contributed by atoms with Crippen LogP contribution < -0.4 is 5.73 Å². The third-order valence-corrected chi connectivity index (χ3v) is 5.33. The number of ether oxygens (including phenoxy) is 1. The molecule has 7 nitrogen and oxygen atoms in total. The molecular formula is C20H26N2O5. The molecule has 0 saturated carbocycles. The second-order valence-electron chi connectivity index (χ2n) is 7.71. The lowest BCUT2D eigenvalue weighted by Crippen LogP contribution is -2.61. The van der Waals surface area contributed by atoms with Crippen LogP contribution in [0.3, 0.4) is 0 Å². The Kier molecular flexibility index (Phi) is 5.26. The number of aliphatic carboxylic acids is 1. The van der Waals surface area contributed by atoms with Gasteiger partial charge in [0.05, 0.1) is 6.10 Å². The van der Waals surface area contributed by atoms with Gasteiger partial charge in [0, 0.05) is 5.41 Å². The molecule has 27 heavy (non-hydrogen) atoms. The van der Waals surface area contributed by atoms with Gasteiger partial charge < -0.3 is 20.7 Å². The van der Waals surface area contributed by atoms with E-state index in [4.69, 9.17) is 10.5 Å². The van der Waals surface area contributed by atoms with Crippen LogP contribution in [0.25, 0.3) is 0 Å². The highest BCUT2D eigenvalue weighted by Crippen LogP contribution is 2.50.